The van der Waals surface area contributed by atoms with E-state index in [4.69, 9.17) is 11.0 Å². The first-order valence-electron chi connectivity index (χ1n) is 5.22. The Balaban J connectivity index is 2.42. The third-order valence-corrected chi connectivity index (χ3v) is 3.78. The van der Waals surface area contributed by atoms with Crippen molar-refractivity contribution in [2.24, 2.45) is 0 Å². The molecule has 0 amide bonds. The van der Waals surface area contributed by atoms with Gasteiger partial charge < -0.3 is 11.1 Å². The molecule has 3 nitrogen and oxygen atoms in total. The van der Waals surface area contributed by atoms with Crippen molar-refractivity contribution in [2.45, 2.75) is 0 Å². The summed E-state index contributed by atoms with van der Waals surface area (Å²) in [4.78, 5) is 0. The number of halogens is 3. The molecule has 0 bridgehead atoms. The number of anilines is 3. The Labute approximate surface area is 131 Å². The third kappa shape index (κ3) is 3.16. The largest absolute Gasteiger partial charge is 0.397 e. The van der Waals surface area contributed by atoms with Gasteiger partial charge >= 0.3 is 0 Å². The van der Waals surface area contributed by atoms with Gasteiger partial charge in [0, 0.05) is 10.5 Å². The highest BCUT2D eigenvalue weighted by Gasteiger charge is 2.09. The maximum absolute atomic E-state index is 13.5. The van der Waals surface area contributed by atoms with Gasteiger partial charge in [-0.25, -0.2) is 4.39 Å². The fraction of sp³-hybridized carbons (Fsp3) is 0. The van der Waals surface area contributed by atoms with Gasteiger partial charge in [0.15, 0.2) is 0 Å². The predicted molar refractivity (Wildman–Crippen MR) is 85.7 cm³/mol. The van der Waals surface area contributed by atoms with Crippen LogP contribution in [0.3, 0.4) is 0 Å². The van der Waals surface area contributed by atoms with Gasteiger partial charge in [0.2, 0.25) is 0 Å². The number of nitrogens with one attached hydrogen (secondary N) is 1. The molecule has 0 heterocycles. The number of nitriles is 1. The van der Waals surface area contributed by atoms with Gasteiger partial charge in [-0.15, -0.1) is 0 Å². The Hall–Kier alpha value is -1.33. The highest BCUT2D eigenvalue weighted by atomic mass is 127. The van der Waals surface area contributed by atoms with Crippen LogP contribution in [-0.2, 0) is 0 Å². The van der Waals surface area contributed by atoms with Crippen LogP contribution in [0.5, 0.6) is 0 Å². The van der Waals surface area contributed by atoms with Crippen LogP contribution in [-0.4, -0.2) is 0 Å². The molecule has 0 saturated carbocycles. The SMILES string of the molecule is N#Cc1cc(Br)ccc1Nc1cc(F)c(I)cc1N. The first-order chi connectivity index (χ1) is 9.01. The molecule has 0 aromatic heterocycles. The number of benzene rings is 2. The van der Waals surface area contributed by atoms with Gasteiger partial charge in [-0.3, -0.25) is 0 Å². The molecule has 0 fully saturated rings. The minimum atomic E-state index is -0.354. The number of nitrogen functional groups attached to an aromatic ring is 1. The predicted octanol–water partition coefficient (Wildman–Crippen LogP) is 4.39. The molecule has 2 aromatic carbocycles. The lowest BCUT2D eigenvalue weighted by atomic mass is 10.2. The zero-order valence-electron chi connectivity index (χ0n) is 9.55. The van der Waals surface area contributed by atoms with Crippen LogP contribution in [0.1, 0.15) is 5.56 Å². The van der Waals surface area contributed by atoms with Gasteiger partial charge in [0.1, 0.15) is 11.9 Å². The van der Waals surface area contributed by atoms with Gasteiger partial charge in [-0.1, -0.05) is 15.9 Å². The summed E-state index contributed by atoms with van der Waals surface area (Å²) in [5.74, 6) is -0.354. The number of nitrogens with two attached hydrogens (primary N) is 1. The quantitative estimate of drug-likeness (QED) is 0.547. The second-order valence-electron chi connectivity index (χ2n) is 3.78. The van der Waals surface area contributed by atoms with E-state index in [-0.39, 0.29) is 5.82 Å². The van der Waals surface area contributed by atoms with E-state index in [1.165, 1.54) is 6.07 Å². The van der Waals surface area contributed by atoms with Crippen LogP contribution in [0.4, 0.5) is 21.5 Å². The Kier molecular flexibility index (Phi) is 4.27. The van der Waals surface area contributed by atoms with Crippen molar-refractivity contribution in [3.05, 3.63) is 49.8 Å². The summed E-state index contributed by atoms with van der Waals surface area (Å²) < 4.78 is 14.8. The Morgan fingerprint density at radius 3 is 2.68 bits per heavy atom. The van der Waals surface area contributed by atoms with Crippen LogP contribution < -0.4 is 11.1 Å². The smallest absolute Gasteiger partial charge is 0.138 e. The van der Waals surface area contributed by atoms with Crippen molar-refractivity contribution < 1.29 is 4.39 Å². The Morgan fingerprint density at radius 2 is 2.00 bits per heavy atom. The van der Waals surface area contributed by atoms with Gasteiger partial charge in [-0.2, -0.15) is 5.26 Å². The van der Waals surface area contributed by atoms with Crippen molar-refractivity contribution in [3.8, 4) is 6.07 Å². The maximum atomic E-state index is 13.5. The van der Waals surface area contributed by atoms with E-state index >= 15 is 0 Å². The van der Waals surface area contributed by atoms with Gasteiger partial charge in [0.25, 0.3) is 0 Å². The van der Waals surface area contributed by atoms with Crippen molar-refractivity contribution in [2.75, 3.05) is 11.1 Å². The van der Waals surface area contributed by atoms with Crippen LogP contribution in [0.2, 0.25) is 0 Å². The van der Waals surface area contributed by atoms with Crippen LogP contribution in [0, 0.1) is 20.7 Å². The second kappa shape index (κ2) is 5.75. The van der Waals surface area contributed by atoms with Gasteiger partial charge in [0.05, 0.1) is 26.2 Å². The zero-order chi connectivity index (χ0) is 14.0. The van der Waals surface area contributed by atoms with Crippen molar-refractivity contribution >= 4 is 55.6 Å². The van der Waals surface area contributed by atoms with E-state index in [1.807, 2.05) is 22.6 Å². The number of rotatable bonds is 2. The summed E-state index contributed by atoms with van der Waals surface area (Å²) in [6, 6.07) is 10.1. The fourth-order valence-electron chi connectivity index (χ4n) is 1.53. The summed E-state index contributed by atoms with van der Waals surface area (Å²) in [5.41, 5.74) is 7.74. The molecule has 0 unspecified atom stereocenters. The molecule has 0 aliphatic carbocycles. The third-order valence-electron chi connectivity index (χ3n) is 2.46. The van der Waals surface area contributed by atoms with Gasteiger partial charge in [-0.05, 0) is 46.9 Å². The molecule has 0 saturated heterocycles. The first-order valence-corrected chi connectivity index (χ1v) is 7.09. The van der Waals surface area contributed by atoms with Crippen LogP contribution in [0.25, 0.3) is 0 Å². The lowest BCUT2D eigenvalue weighted by Crippen LogP contribution is -2.00. The summed E-state index contributed by atoms with van der Waals surface area (Å²) in [5, 5.41) is 12.0. The van der Waals surface area contributed by atoms with E-state index < -0.39 is 0 Å². The standard InChI is InChI=1S/C13H8BrFIN3/c14-8-1-2-12(7(3-8)6-17)19-13-4-9(15)10(16)5-11(13)18/h1-5,19H,18H2. The average Bonchev–Trinajstić information content (AvgIpc) is 2.37. The Bertz CT molecular complexity index is 682. The van der Waals surface area contributed by atoms with Crippen LogP contribution in [0.15, 0.2) is 34.8 Å². The molecule has 19 heavy (non-hydrogen) atoms. The molecule has 6 heteroatoms. The van der Waals surface area contributed by atoms with Crippen molar-refractivity contribution in [1.82, 2.24) is 0 Å². The zero-order valence-corrected chi connectivity index (χ0v) is 13.3. The normalized spacial score (nSPS) is 10.0. The first kappa shape index (κ1) is 14.1. The maximum Gasteiger partial charge on any atom is 0.138 e. The fourth-order valence-corrected chi connectivity index (χ4v) is 2.39. The lowest BCUT2D eigenvalue weighted by Gasteiger charge is -2.11. The minimum Gasteiger partial charge on any atom is -0.397 e. The van der Waals surface area contributed by atoms with E-state index in [0.717, 1.165) is 4.47 Å². The number of hydrogen-bond acceptors (Lipinski definition) is 3. The van der Waals surface area contributed by atoms with E-state index in [9.17, 15) is 4.39 Å². The average molecular weight is 432 g/mol. The van der Waals surface area contributed by atoms with Crippen LogP contribution >= 0.6 is 38.5 Å². The molecule has 0 spiro atoms. The number of nitrogens with zero attached hydrogens (tertiary/aromatic N) is 1. The summed E-state index contributed by atoms with van der Waals surface area (Å²) >= 11 is 5.17. The van der Waals surface area contributed by atoms with Crippen molar-refractivity contribution in [3.63, 3.8) is 0 Å². The minimum absolute atomic E-state index is 0.354. The molecule has 2 aromatic rings. The Morgan fingerprint density at radius 1 is 1.26 bits per heavy atom. The van der Waals surface area contributed by atoms with E-state index in [2.05, 4.69) is 27.3 Å². The van der Waals surface area contributed by atoms with Crippen molar-refractivity contribution in [1.29, 1.82) is 5.26 Å². The molecular formula is C13H8BrFIN3. The number of hydrogen-bond donors (Lipinski definition) is 2. The summed E-state index contributed by atoms with van der Waals surface area (Å²) in [7, 11) is 0. The van der Waals surface area contributed by atoms with E-state index in [0.29, 0.717) is 26.2 Å². The topological polar surface area (TPSA) is 61.8 Å². The molecule has 0 aliphatic rings. The highest BCUT2D eigenvalue weighted by molar-refractivity contribution is 14.1. The summed E-state index contributed by atoms with van der Waals surface area (Å²) in [6.45, 7) is 0. The molecular weight excluding hydrogens is 424 g/mol. The molecule has 0 aliphatic heterocycles. The molecule has 0 radical (unpaired) electrons. The molecule has 2 rings (SSSR count). The summed E-state index contributed by atoms with van der Waals surface area (Å²) in [6.07, 6.45) is 0. The van der Waals surface area contributed by atoms with E-state index in [1.54, 1.807) is 24.3 Å². The molecule has 3 N–H and O–H groups in total. The highest BCUT2D eigenvalue weighted by Crippen LogP contribution is 2.29. The molecule has 96 valence electrons. The monoisotopic (exact) mass is 431 g/mol. The molecule has 0 atom stereocenters. The second-order valence-corrected chi connectivity index (χ2v) is 5.86. The lowest BCUT2D eigenvalue weighted by molar-refractivity contribution is 0.621.